The molecule has 0 spiro atoms. The molecule has 9 heteroatoms. The van der Waals surface area contributed by atoms with E-state index < -0.39 is 24.0 Å². The number of amides is 3. The fourth-order valence-corrected chi connectivity index (χ4v) is 2.28. The van der Waals surface area contributed by atoms with E-state index >= 15 is 0 Å². The van der Waals surface area contributed by atoms with Crippen molar-refractivity contribution < 1.29 is 28.4 Å². The summed E-state index contributed by atoms with van der Waals surface area (Å²) in [5, 5.41) is 8.37. The van der Waals surface area contributed by atoms with Crippen molar-refractivity contribution in [2.75, 3.05) is 6.54 Å². The lowest BCUT2D eigenvalue weighted by molar-refractivity contribution is -0.127. The van der Waals surface area contributed by atoms with Gasteiger partial charge in [-0.1, -0.05) is 11.2 Å². The molecule has 0 bridgehead atoms. The molecular formula is C19H23N3O6. The molecule has 0 aliphatic rings. The summed E-state index contributed by atoms with van der Waals surface area (Å²) in [5.74, 6) is -0.305. The number of aryl methyl sites for hydroxylation is 2. The quantitative estimate of drug-likeness (QED) is 0.697. The highest BCUT2D eigenvalue weighted by Crippen LogP contribution is 2.19. The molecule has 0 aliphatic heterocycles. The Morgan fingerprint density at radius 2 is 2.00 bits per heavy atom. The van der Waals surface area contributed by atoms with E-state index in [1.165, 1.54) is 13.0 Å². The zero-order valence-corrected chi connectivity index (χ0v) is 16.2. The summed E-state index contributed by atoms with van der Waals surface area (Å²) in [6.07, 6.45) is -1.14. The number of ether oxygens (including phenoxy) is 2. The summed E-state index contributed by atoms with van der Waals surface area (Å²) in [6.45, 7) is 7.31. The first kappa shape index (κ1) is 20.9. The van der Waals surface area contributed by atoms with Gasteiger partial charge in [0.1, 0.15) is 18.1 Å². The number of nitrogens with one attached hydrogen (secondary N) is 2. The second-order valence-corrected chi connectivity index (χ2v) is 6.02. The van der Waals surface area contributed by atoms with Gasteiger partial charge < -0.3 is 19.3 Å². The first-order valence-electron chi connectivity index (χ1n) is 8.76. The number of benzene rings is 1. The van der Waals surface area contributed by atoms with Crippen molar-refractivity contribution in [3.05, 3.63) is 46.8 Å². The zero-order valence-electron chi connectivity index (χ0n) is 16.2. The lowest BCUT2D eigenvalue weighted by Crippen LogP contribution is -2.44. The molecule has 1 aromatic heterocycles. The van der Waals surface area contributed by atoms with Crippen molar-refractivity contribution in [3.63, 3.8) is 0 Å². The number of carbonyl (C=O) groups excluding carboxylic acids is 3. The summed E-state index contributed by atoms with van der Waals surface area (Å²) < 4.78 is 15.9. The number of carbonyl (C=O) groups is 3. The third-order valence-electron chi connectivity index (χ3n) is 3.86. The van der Waals surface area contributed by atoms with Crippen LogP contribution < -0.4 is 15.4 Å². The van der Waals surface area contributed by atoms with Crippen LogP contribution in [-0.4, -0.2) is 35.7 Å². The molecular weight excluding hydrogens is 366 g/mol. The molecule has 0 radical (unpaired) electrons. The SMILES string of the molecule is CCNC(=O)NC(=O)[C@H](C)OC(=O)c1cccc(OCc2c(C)noc2C)c1. The Balaban J connectivity index is 1.95. The molecule has 9 nitrogen and oxygen atoms in total. The number of esters is 1. The number of rotatable bonds is 7. The van der Waals surface area contributed by atoms with E-state index in [-0.39, 0.29) is 12.2 Å². The van der Waals surface area contributed by atoms with Gasteiger partial charge in [-0.25, -0.2) is 9.59 Å². The molecule has 2 aromatic rings. The molecule has 3 amide bonds. The molecule has 2 rings (SSSR count). The fourth-order valence-electron chi connectivity index (χ4n) is 2.28. The summed E-state index contributed by atoms with van der Waals surface area (Å²) in [6, 6.07) is 5.73. The van der Waals surface area contributed by atoms with Gasteiger partial charge in [0.05, 0.1) is 16.8 Å². The van der Waals surface area contributed by atoms with Crippen LogP contribution in [0.4, 0.5) is 4.79 Å². The van der Waals surface area contributed by atoms with Gasteiger partial charge in [0.25, 0.3) is 5.91 Å². The lowest BCUT2D eigenvalue weighted by Gasteiger charge is -2.13. The van der Waals surface area contributed by atoms with Crippen LogP contribution in [0.15, 0.2) is 28.8 Å². The lowest BCUT2D eigenvalue weighted by atomic mass is 10.2. The van der Waals surface area contributed by atoms with Gasteiger partial charge in [-0.2, -0.15) is 0 Å². The third kappa shape index (κ3) is 5.57. The minimum Gasteiger partial charge on any atom is -0.489 e. The topological polar surface area (TPSA) is 120 Å². The predicted octanol–water partition coefficient (Wildman–Crippen LogP) is 2.26. The Kier molecular flexibility index (Phi) is 7.14. The Morgan fingerprint density at radius 1 is 1.25 bits per heavy atom. The van der Waals surface area contributed by atoms with Crippen LogP contribution in [0.25, 0.3) is 0 Å². The summed E-state index contributed by atoms with van der Waals surface area (Å²) in [4.78, 5) is 35.5. The molecule has 1 atom stereocenters. The maximum absolute atomic E-state index is 12.3. The van der Waals surface area contributed by atoms with Crippen LogP contribution in [0.1, 0.15) is 41.2 Å². The van der Waals surface area contributed by atoms with Crippen molar-refractivity contribution in [1.29, 1.82) is 0 Å². The van der Waals surface area contributed by atoms with Gasteiger partial charge in [0.2, 0.25) is 0 Å². The smallest absolute Gasteiger partial charge is 0.339 e. The molecule has 0 aliphatic carbocycles. The summed E-state index contributed by atoms with van der Waals surface area (Å²) in [7, 11) is 0. The van der Waals surface area contributed by atoms with Crippen LogP contribution in [0.2, 0.25) is 0 Å². The minimum absolute atomic E-state index is 0.217. The molecule has 0 unspecified atom stereocenters. The monoisotopic (exact) mass is 389 g/mol. The zero-order chi connectivity index (χ0) is 20.7. The normalized spacial score (nSPS) is 11.4. The summed E-state index contributed by atoms with van der Waals surface area (Å²) in [5.41, 5.74) is 1.79. The Bertz CT molecular complexity index is 842. The third-order valence-corrected chi connectivity index (χ3v) is 3.86. The Hall–Kier alpha value is -3.36. The standard InChI is InChI=1S/C19H23N3O6/c1-5-20-19(25)21-17(23)13(4)27-18(24)14-7-6-8-15(9-14)26-10-16-11(2)22-28-12(16)3/h6-9,13H,5,10H2,1-4H3,(H2,20,21,23,25)/t13-/m0/s1. The number of nitrogens with zero attached hydrogens (tertiary/aromatic N) is 1. The first-order chi connectivity index (χ1) is 13.3. The highest BCUT2D eigenvalue weighted by molar-refractivity contribution is 5.98. The van der Waals surface area contributed by atoms with E-state index in [4.69, 9.17) is 14.0 Å². The second kappa shape index (κ2) is 9.54. The van der Waals surface area contributed by atoms with Crippen molar-refractivity contribution in [2.24, 2.45) is 0 Å². The average Bonchev–Trinajstić information content (AvgIpc) is 2.98. The van der Waals surface area contributed by atoms with Crippen molar-refractivity contribution >= 4 is 17.9 Å². The van der Waals surface area contributed by atoms with E-state index in [9.17, 15) is 14.4 Å². The van der Waals surface area contributed by atoms with Crippen molar-refractivity contribution in [3.8, 4) is 5.75 Å². The number of hydrogen-bond acceptors (Lipinski definition) is 7. The van der Waals surface area contributed by atoms with E-state index in [1.807, 2.05) is 6.92 Å². The van der Waals surface area contributed by atoms with Crippen LogP contribution in [0.5, 0.6) is 5.75 Å². The Morgan fingerprint density at radius 3 is 2.64 bits per heavy atom. The molecule has 28 heavy (non-hydrogen) atoms. The van der Waals surface area contributed by atoms with Gasteiger partial charge in [0, 0.05) is 6.54 Å². The predicted molar refractivity (Wildman–Crippen MR) is 98.8 cm³/mol. The largest absolute Gasteiger partial charge is 0.489 e. The van der Waals surface area contributed by atoms with Gasteiger partial charge in [-0.3, -0.25) is 10.1 Å². The molecule has 0 saturated heterocycles. The van der Waals surface area contributed by atoms with Crippen molar-refractivity contribution in [2.45, 2.75) is 40.4 Å². The van der Waals surface area contributed by atoms with E-state index in [0.717, 1.165) is 11.3 Å². The maximum atomic E-state index is 12.3. The van der Waals surface area contributed by atoms with Crippen LogP contribution in [-0.2, 0) is 16.1 Å². The first-order valence-corrected chi connectivity index (χ1v) is 8.76. The highest BCUT2D eigenvalue weighted by Gasteiger charge is 2.21. The number of imide groups is 1. The van der Waals surface area contributed by atoms with Crippen molar-refractivity contribution in [1.82, 2.24) is 15.8 Å². The molecule has 0 saturated carbocycles. The minimum atomic E-state index is -1.14. The van der Waals surface area contributed by atoms with E-state index in [2.05, 4.69) is 15.8 Å². The van der Waals surface area contributed by atoms with E-state index in [1.54, 1.807) is 32.0 Å². The highest BCUT2D eigenvalue weighted by atomic mass is 16.5. The number of aromatic nitrogens is 1. The van der Waals surface area contributed by atoms with Crippen LogP contribution >= 0.6 is 0 Å². The molecule has 1 aromatic carbocycles. The molecule has 0 fully saturated rings. The number of hydrogen-bond donors (Lipinski definition) is 2. The van der Waals surface area contributed by atoms with Crippen LogP contribution in [0, 0.1) is 13.8 Å². The fraction of sp³-hybridized carbons (Fsp3) is 0.368. The molecule has 1 heterocycles. The van der Waals surface area contributed by atoms with Crippen LogP contribution in [0.3, 0.4) is 0 Å². The Labute approximate surface area is 162 Å². The molecule has 150 valence electrons. The van der Waals surface area contributed by atoms with Gasteiger partial charge in [0.15, 0.2) is 6.10 Å². The summed E-state index contributed by atoms with van der Waals surface area (Å²) >= 11 is 0. The number of urea groups is 1. The van der Waals surface area contributed by atoms with Gasteiger partial charge in [-0.05, 0) is 45.9 Å². The van der Waals surface area contributed by atoms with Gasteiger partial charge >= 0.3 is 12.0 Å². The average molecular weight is 389 g/mol. The van der Waals surface area contributed by atoms with Gasteiger partial charge in [-0.15, -0.1) is 0 Å². The molecule has 2 N–H and O–H groups in total. The second-order valence-electron chi connectivity index (χ2n) is 6.02. The van der Waals surface area contributed by atoms with E-state index in [0.29, 0.717) is 18.1 Å². The maximum Gasteiger partial charge on any atom is 0.339 e.